The minimum absolute atomic E-state index is 0.00775. The van der Waals surface area contributed by atoms with Gasteiger partial charge in [0.2, 0.25) is 0 Å². The van der Waals surface area contributed by atoms with Crippen molar-refractivity contribution in [1.82, 2.24) is 10.4 Å². The van der Waals surface area contributed by atoms with Crippen LogP contribution in [0.15, 0.2) is 42.5 Å². The Bertz CT molecular complexity index is 1670. The summed E-state index contributed by atoms with van der Waals surface area (Å²) in [4.78, 5) is 20.2. The predicted molar refractivity (Wildman–Crippen MR) is 209 cm³/mol. The van der Waals surface area contributed by atoms with Crippen molar-refractivity contribution in [3.8, 4) is 0 Å². The van der Waals surface area contributed by atoms with Gasteiger partial charge in [0.1, 0.15) is 0 Å². The second kappa shape index (κ2) is 13.6. The summed E-state index contributed by atoms with van der Waals surface area (Å²) in [6.45, 7) is 23.6. The molecular weight excluding hydrogens is 669 g/mol. The Labute approximate surface area is 314 Å². The number of allylic oxidation sites excluding steroid dienone is 3. The molecule has 0 aromatic heterocycles. The number of benzene rings is 1. The highest BCUT2D eigenvalue weighted by atomic mass is 32.2. The number of sulfone groups is 1. The lowest BCUT2D eigenvalue weighted by atomic mass is 9.32. The van der Waals surface area contributed by atoms with Crippen LogP contribution in [-0.4, -0.2) is 68.7 Å². The van der Waals surface area contributed by atoms with E-state index >= 15 is 0 Å². The fraction of sp³-hybridized carbons (Fsp3) is 0.750. The topological polar surface area (TPSA) is 95.9 Å². The quantitative estimate of drug-likeness (QED) is 0.141. The molecule has 2 N–H and O–H groups in total. The van der Waals surface area contributed by atoms with Gasteiger partial charge in [0.25, 0.3) is 0 Å². The molecule has 1 saturated heterocycles. The minimum Gasteiger partial charge on any atom is -0.478 e. The lowest BCUT2D eigenvalue weighted by Gasteiger charge is -2.72. The van der Waals surface area contributed by atoms with Gasteiger partial charge < -0.3 is 14.8 Å². The number of rotatable bonds is 10. The number of nitrogens with zero attached hydrogens (tertiary/aromatic N) is 1. The van der Waals surface area contributed by atoms with Crippen molar-refractivity contribution in [3.63, 3.8) is 0 Å². The third kappa shape index (κ3) is 6.18. The summed E-state index contributed by atoms with van der Waals surface area (Å²) in [6.07, 6.45) is 14.6. The molecule has 52 heavy (non-hydrogen) atoms. The van der Waals surface area contributed by atoms with Gasteiger partial charge in [-0.3, -0.25) is 0 Å². The number of hydrogen-bond donors (Lipinski definition) is 2. The molecule has 0 amide bonds. The van der Waals surface area contributed by atoms with E-state index in [1.54, 1.807) is 12.1 Å². The SMILES string of the molecule is C=C(C)[C@@H]1CC[C@]2(CONCCCN3CCS(=O)(=O)CC3)CC[C@]3(C)C(CCC4[C@@]5(C)CC=C(c6ccc(C(=O)O)cc6)C(C)(C)C5CC[C@]43C)C12. The number of carboxylic acids is 1. The average Bonchev–Trinajstić information content (AvgIpc) is 3.47. The standard InChI is InChI=1S/C44H66N2O5S/c1-30(2)33-15-20-44(29-51-45-23-8-24-46-25-27-52(49,50)28-26-46)22-21-42(6)35(38(33)44)13-14-37-41(5)18-16-34(31-9-11-32(12-10-31)39(47)48)40(3,4)36(41)17-19-43(37,42)7/h9-12,16,33,35-38,45H,1,8,13-15,17-29H2,2-7H3,(H,47,48)/t33-,35?,36?,37?,38?,41-,42+,43+,44+/m0/s1. The highest BCUT2D eigenvalue weighted by molar-refractivity contribution is 7.91. The Kier molecular flexibility index (Phi) is 10.0. The fourth-order valence-electron chi connectivity index (χ4n) is 14.0. The van der Waals surface area contributed by atoms with E-state index in [0.29, 0.717) is 48.2 Å². The molecule has 1 aliphatic heterocycles. The smallest absolute Gasteiger partial charge is 0.335 e. The highest BCUT2D eigenvalue weighted by Gasteiger charge is 2.70. The molecule has 4 unspecified atom stereocenters. The summed E-state index contributed by atoms with van der Waals surface area (Å²) in [7, 11) is -2.84. The first-order valence-electron chi connectivity index (χ1n) is 20.4. The molecule has 7 rings (SSSR count). The van der Waals surface area contributed by atoms with Crippen LogP contribution in [0.25, 0.3) is 5.57 Å². The number of fused-ring (bicyclic) bond motifs is 7. The van der Waals surface area contributed by atoms with Gasteiger partial charge in [0, 0.05) is 19.6 Å². The highest BCUT2D eigenvalue weighted by Crippen LogP contribution is 2.77. The van der Waals surface area contributed by atoms with Gasteiger partial charge in [0.15, 0.2) is 9.84 Å². The van der Waals surface area contributed by atoms with E-state index in [9.17, 15) is 18.3 Å². The molecule has 288 valence electrons. The third-order valence-electron chi connectivity index (χ3n) is 16.9. The van der Waals surface area contributed by atoms with Crippen molar-refractivity contribution in [1.29, 1.82) is 0 Å². The second-order valence-electron chi connectivity index (χ2n) is 19.5. The summed E-state index contributed by atoms with van der Waals surface area (Å²) in [5, 5.41) is 9.49. The number of hydrogen-bond acceptors (Lipinski definition) is 6. The first kappa shape index (κ1) is 38.3. The summed E-state index contributed by atoms with van der Waals surface area (Å²) >= 11 is 0. The molecule has 8 heteroatoms. The van der Waals surface area contributed by atoms with Crippen LogP contribution in [0.1, 0.15) is 122 Å². The van der Waals surface area contributed by atoms with Gasteiger partial charge in [-0.15, -0.1) is 0 Å². The Morgan fingerprint density at radius 3 is 2.33 bits per heavy atom. The van der Waals surface area contributed by atoms with Crippen LogP contribution in [0.4, 0.5) is 0 Å². The van der Waals surface area contributed by atoms with Crippen LogP contribution in [0.3, 0.4) is 0 Å². The summed E-state index contributed by atoms with van der Waals surface area (Å²) < 4.78 is 23.6. The van der Waals surface area contributed by atoms with Crippen LogP contribution >= 0.6 is 0 Å². The normalized spacial score (nSPS) is 40.8. The Morgan fingerprint density at radius 1 is 0.942 bits per heavy atom. The summed E-state index contributed by atoms with van der Waals surface area (Å²) in [5.74, 6) is 2.78. The van der Waals surface area contributed by atoms with E-state index in [2.05, 4.69) is 64.6 Å². The van der Waals surface area contributed by atoms with E-state index in [4.69, 9.17) is 4.84 Å². The van der Waals surface area contributed by atoms with Crippen LogP contribution in [0.2, 0.25) is 0 Å². The molecule has 1 aromatic carbocycles. The monoisotopic (exact) mass is 734 g/mol. The molecular formula is C44H66N2O5S. The van der Waals surface area contributed by atoms with E-state index in [1.807, 2.05) is 12.1 Å². The maximum atomic E-state index is 11.8. The van der Waals surface area contributed by atoms with Gasteiger partial charge in [0.05, 0.1) is 23.7 Å². The molecule has 0 radical (unpaired) electrons. The van der Waals surface area contributed by atoms with Crippen molar-refractivity contribution in [2.24, 2.45) is 56.7 Å². The molecule has 6 aliphatic rings. The van der Waals surface area contributed by atoms with E-state index < -0.39 is 15.8 Å². The van der Waals surface area contributed by atoms with Gasteiger partial charge >= 0.3 is 5.97 Å². The van der Waals surface area contributed by atoms with Crippen LogP contribution < -0.4 is 5.48 Å². The molecule has 1 heterocycles. The first-order chi connectivity index (χ1) is 24.5. The molecule has 0 spiro atoms. The molecule has 0 bridgehead atoms. The zero-order valence-corrected chi connectivity index (χ0v) is 33.8. The van der Waals surface area contributed by atoms with Crippen LogP contribution in [0, 0.1) is 56.7 Å². The maximum Gasteiger partial charge on any atom is 0.335 e. The molecule has 7 nitrogen and oxygen atoms in total. The average molecular weight is 735 g/mol. The van der Waals surface area contributed by atoms with E-state index in [1.165, 1.54) is 68.1 Å². The van der Waals surface area contributed by atoms with Gasteiger partial charge in [-0.1, -0.05) is 65.0 Å². The molecule has 1 aromatic rings. The number of hydroxylamine groups is 1. The summed E-state index contributed by atoms with van der Waals surface area (Å²) in [6, 6.07) is 7.58. The lowest BCUT2D eigenvalue weighted by Crippen LogP contribution is -2.65. The largest absolute Gasteiger partial charge is 0.478 e. The number of nitrogens with one attached hydrogen (secondary N) is 1. The molecule has 5 aliphatic carbocycles. The van der Waals surface area contributed by atoms with Crippen LogP contribution in [-0.2, 0) is 14.7 Å². The van der Waals surface area contributed by atoms with Crippen molar-refractivity contribution >= 4 is 21.4 Å². The zero-order valence-electron chi connectivity index (χ0n) is 32.9. The van der Waals surface area contributed by atoms with Crippen molar-refractivity contribution in [2.45, 2.75) is 106 Å². The molecule has 9 atom stereocenters. The van der Waals surface area contributed by atoms with E-state index in [-0.39, 0.29) is 38.6 Å². The Balaban J connectivity index is 1.07. The van der Waals surface area contributed by atoms with Crippen molar-refractivity contribution in [2.75, 3.05) is 44.3 Å². The second-order valence-corrected chi connectivity index (χ2v) is 21.8. The van der Waals surface area contributed by atoms with Gasteiger partial charge in [-0.2, -0.15) is 0 Å². The fourth-order valence-corrected chi connectivity index (χ4v) is 15.3. The third-order valence-corrected chi connectivity index (χ3v) is 18.5. The zero-order chi connectivity index (χ0) is 37.3. The van der Waals surface area contributed by atoms with E-state index in [0.717, 1.165) is 32.5 Å². The minimum atomic E-state index is -2.84. The lowest BCUT2D eigenvalue weighted by molar-refractivity contribution is -0.231. The number of aromatic carboxylic acids is 1. The van der Waals surface area contributed by atoms with Crippen molar-refractivity contribution < 1.29 is 23.2 Å². The number of carbonyl (C=O) groups is 1. The van der Waals surface area contributed by atoms with Gasteiger partial charge in [-0.05, 0) is 158 Å². The van der Waals surface area contributed by atoms with Crippen LogP contribution in [0.5, 0.6) is 0 Å². The number of carboxylic acid groups (broad SMARTS) is 1. The molecule has 5 fully saturated rings. The molecule has 4 saturated carbocycles. The maximum absolute atomic E-state index is 11.8. The van der Waals surface area contributed by atoms with Gasteiger partial charge in [-0.25, -0.2) is 18.7 Å². The Hall–Kier alpha value is -2.00. The van der Waals surface area contributed by atoms with Crippen molar-refractivity contribution in [3.05, 3.63) is 53.6 Å². The predicted octanol–water partition coefficient (Wildman–Crippen LogP) is 8.68. The Morgan fingerprint density at radius 2 is 1.65 bits per heavy atom. The first-order valence-corrected chi connectivity index (χ1v) is 22.3. The summed E-state index contributed by atoms with van der Waals surface area (Å²) in [5.41, 5.74) is 8.58.